The van der Waals surface area contributed by atoms with Crippen molar-refractivity contribution >= 4 is 11.7 Å². The fourth-order valence-electron chi connectivity index (χ4n) is 2.70. The molecule has 1 aliphatic rings. The molecule has 2 heterocycles. The molecule has 1 fully saturated rings. The number of carbonyl (C=O) groups excluding carboxylic acids is 2. The molecule has 0 radical (unpaired) electrons. The van der Waals surface area contributed by atoms with Crippen LogP contribution in [0.15, 0.2) is 4.42 Å². The van der Waals surface area contributed by atoms with Gasteiger partial charge in [0.15, 0.2) is 0 Å². The number of ketones is 1. The Labute approximate surface area is 135 Å². The maximum Gasteiger partial charge on any atom is 0.286 e. The number of rotatable bonds is 7. The molecule has 1 aromatic heterocycles. The predicted octanol–water partition coefficient (Wildman–Crippen LogP) is 0.566. The summed E-state index contributed by atoms with van der Waals surface area (Å²) in [5.74, 6) is -0.0825. The van der Waals surface area contributed by atoms with Crippen molar-refractivity contribution in [1.82, 2.24) is 20.4 Å². The number of nitrogens with one attached hydrogen (secondary N) is 1. The van der Waals surface area contributed by atoms with Gasteiger partial charge in [-0.25, -0.2) is 0 Å². The monoisotopic (exact) mass is 324 g/mol. The molecule has 1 aromatic rings. The molecule has 8 nitrogen and oxygen atoms in total. The van der Waals surface area contributed by atoms with Crippen molar-refractivity contribution in [2.75, 3.05) is 26.8 Å². The quantitative estimate of drug-likeness (QED) is 0.732. The lowest BCUT2D eigenvalue weighted by Gasteiger charge is -2.28. The van der Waals surface area contributed by atoms with Crippen molar-refractivity contribution in [3.63, 3.8) is 0 Å². The Morgan fingerprint density at radius 3 is 2.78 bits per heavy atom. The van der Waals surface area contributed by atoms with Gasteiger partial charge in [0.1, 0.15) is 6.04 Å². The van der Waals surface area contributed by atoms with E-state index in [2.05, 4.69) is 15.5 Å². The molecule has 1 N–H and O–H groups in total. The number of amides is 1. The number of methoxy groups -OCH3 is 1. The predicted molar refractivity (Wildman–Crippen MR) is 82.1 cm³/mol. The summed E-state index contributed by atoms with van der Waals surface area (Å²) in [5, 5.41) is 10.6. The van der Waals surface area contributed by atoms with Gasteiger partial charge in [0.05, 0.1) is 13.2 Å². The summed E-state index contributed by atoms with van der Waals surface area (Å²) in [7, 11) is 1.62. The van der Waals surface area contributed by atoms with Crippen molar-refractivity contribution in [3.8, 4) is 0 Å². The average Bonchev–Trinajstić information content (AvgIpc) is 3.13. The van der Waals surface area contributed by atoms with Gasteiger partial charge in [-0.15, -0.1) is 10.2 Å². The highest BCUT2D eigenvalue weighted by Gasteiger charge is 2.37. The average molecular weight is 324 g/mol. The van der Waals surface area contributed by atoms with E-state index in [9.17, 15) is 9.59 Å². The van der Waals surface area contributed by atoms with Crippen molar-refractivity contribution in [2.45, 2.75) is 45.2 Å². The zero-order chi connectivity index (χ0) is 17.0. The third-order valence-electron chi connectivity index (χ3n) is 3.84. The van der Waals surface area contributed by atoms with E-state index in [4.69, 9.17) is 9.15 Å². The van der Waals surface area contributed by atoms with Gasteiger partial charge in [0.25, 0.3) is 5.89 Å². The van der Waals surface area contributed by atoms with Crippen LogP contribution in [-0.2, 0) is 9.53 Å². The molecule has 0 spiro atoms. The topological polar surface area (TPSA) is 97.6 Å². The molecular formula is C15H24N4O4. The number of aromatic nitrogens is 2. The highest BCUT2D eigenvalue weighted by atomic mass is 16.5. The van der Waals surface area contributed by atoms with Crippen molar-refractivity contribution in [2.24, 2.45) is 0 Å². The van der Waals surface area contributed by atoms with E-state index in [1.54, 1.807) is 18.9 Å². The van der Waals surface area contributed by atoms with Crippen LogP contribution in [0.2, 0.25) is 0 Å². The van der Waals surface area contributed by atoms with Gasteiger partial charge in [-0.1, -0.05) is 0 Å². The van der Waals surface area contributed by atoms with Crippen LogP contribution in [0.25, 0.3) is 0 Å². The number of hydrogen-bond acceptors (Lipinski definition) is 7. The molecule has 8 heteroatoms. The minimum atomic E-state index is -0.519. The maximum atomic E-state index is 12.5. The van der Waals surface area contributed by atoms with E-state index < -0.39 is 6.04 Å². The molecule has 1 aliphatic heterocycles. The Balaban J connectivity index is 1.98. The molecule has 1 unspecified atom stereocenters. The first-order valence-corrected chi connectivity index (χ1v) is 7.72. The zero-order valence-electron chi connectivity index (χ0n) is 14.1. The lowest BCUT2D eigenvalue weighted by atomic mass is 10.1. The summed E-state index contributed by atoms with van der Waals surface area (Å²) in [4.78, 5) is 26.5. The van der Waals surface area contributed by atoms with E-state index in [0.29, 0.717) is 25.5 Å². The number of nitrogens with zero attached hydrogens (tertiary/aromatic N) is 3. The fourth-order valence-corrected chi connectivity index (χ4v) is 2.70. The van der Waals surface area contributed by atoms with Crippen molar-refractivity contribution < 1.29 is 18.7 Å². The third-order valence-corrected chi connectivity index (χ3v) is 3.84. The lowest BCUT2D eigenvalue weighted by Crippen LogP contribution is -2.50. The number of ether oxygens (including phenoxy) is 1. The van der Waals surface area contributed by atoms with Crippen LogP contribution >= 0.6 is 0 Å². The third kappa shape index (κ3) is 4.35. The summed E-state index contributed by atoms with van der Waals surface area (Å²) < 4.78 is 10.3. The van der Waals surface area contributed by atoms with E-state index >= 15 is 0 Å². The van der Waals surface area contributed by atoms with Crippen LogP contribution in [0.1, 0.15) is 43.3 Å². The number of carbonyl (C=O) groups is 2. The van der Waals surface area contributed by atoms with Crippen LogP contribution in [0.3, 0.4) is 0 Å². The Hall–Kier alpha value is -1.80. The summed E-state index contributed by atoms with van der Waals surface area (Å²) in [6, 6.07) is -0.519. The van der Waals surface area contributed by atoms with E-state index in [1.807, 2.05) is 13.8 Å². The van der Waals surface area contributed by atoms with Crippen molar-refractivity contribution in [3.05, 3.63) is 11.8 Å². The Morgan fingerprint density at radius 1 is 1.43 bits per heavy atom. The highest BCUT2D eigenvalue weighted by molar-refractivity contribution is 5.98. The molecule has 23 heavy (non-hydrogen) atoms. The van der Waals surface area contributed by atoms with Gasteiger partial charge in [-0.2, -0.15) is 0 Å². The lowest BCUT2D eigenvalue weighted by molar-refractivity contribution is -0.130. The largest absolute Gasteiger partial charge is 0.419 e. The first-order chi connectivity index (χ1) is 10.8. The van der Waals surface area contributed by atoms with Gasteiger partial charge in [0, 0.05) is 26.1 Å². The van der Waals surface area contributed by atoms with Crippen LogP contribution in [-0.4, -0.2) is 65.2 Å². The number of aryl methyl sites for hydroxylation is 1. The smallest absolute Gasteiger partial charge is 0.286 e. The molecule has 1 amide bonds. The van der Waals surface area contributed by atoms with Crippen molar-refractivity contribution in [1.29, 1.82) is 0 Å². The molecular weight excluding hydrogens is 300 g/mol. The van der Waals surface area contributed by atoms with Crippen LogP contribution in [0, 0.1) is 6.92 Å². The van der Waals surface area contributed by atoms with Gasteiger partial charge in [-0.05, 0) is 26.7 Å². The molecule has 2 rings (SSSR count). The van der Waals surface area contributed by atoms with Gasteiger partial charge in [0.2, 0.25) is 17.6 Å². The van der Waals surface area contributed by atoms with E-state index in [1.165, 1.54) is 0 Å². The van der Waals surface area contributed by atoms with Gasteiger partial charge in [-0.3, -0.25) is 9.59 Å². The van der Waals surface area contributed by atoms with Crippen LogP contribution < -0.4 is 5.32 Å². The highest BCUT2D eigenvalue weighted by Crippen LogP contribution is 2.21. The zero-order valence-corrected chi connectivity index (χ0v) is 14.1. The van der Waals surface area contributed by atoms with Gasteiger partial charge >= 0.3 is 0 Å². The first-order valence-electron chi connectivity index (χ1n) is 7.72. The van der Waals surface area contributed by atoms with Crippen LogP contribution in [0.5, 0.6) is 0 Å². The number of Topliss-reactive ketones (excluding diaryl/α,β-unsaturated/α-hetero) is 1. The molecule has 0 aromatic carbocycles. The second-order valence-electron chi connectivity index (χ2n) is 6.41. The second kappa shape index (κ2) is 7.18. The van der Waals surface area contributed by atoms with Crippen LogP contribution in [0.4, 0.5) is 0 Å². The second-order valence-corrected chi connectivity index (χ2v) is 6.41. The summed E-state index contributed by atoms with van der Waals surface area (Å²) >= 11 is 0. The Morgan fingerprint density at radius 2 is 2.17 bits per heavy atom. The number of hydrogen-bond donors (Lipinski definition) is 1. The van der Waals surface area contributed by atoms with E-state index in [0.717, 1.165) is 6.42 Å². The molecule has 0 saturated carbocycles. The van der Waals surface area contributed by atoms with Gasteiger partial charge < -0.3 is 19.4 Å². The summed E-state index contributed by atoms with van der Waals surface area (Å²) in [5.41, 5.74) is -0.312. The molecule has 1 saturated heterocycles. The molecule has 1 atom stereocenters. The normalized spacial score (nSPS) is 18.4. The molecule has 0 bridgehead atoms. The Kier molecular flexibility index (Phi) is 5.48. The summed E-state index contributed by atoms with van der Waals surface area (Å²) in [6.07, 6.45) is 1.41. The molecule has 0 aliphatic carbocycles. The number of likely N-dealkylation sites (tertiary alicyclic amines) is 1. The molecule has 128 valence electrons. The Bertz CT molecular complexity index is 570. The SMILES string of the molecule is COCC(C)(C)NCC(=O)N1CCCC1C(=O)c1nnc(C)o1. The van der Waals surface area contributed by atoms with E-state index in [-0.39, 0.29) is 29.7 Å². The summed E-state index contributed by atoms with van der Waals surface area (Å²) in [6.45, 7) is 6.75. The maximum absolute atomic E-state index is 12.5. The first kappa shape index (κ1) is 17.6. The minimum Gasteiger partial charge on any atom is -0.419 e. The standard InChI is InChI=1S/C15H24N4O4/c1-10-17-18-14(23-10)13(21)11-6-5-7-19(11)12(20)8-16-15(2,3)9-22-4/h11,16H,5-9H2,1-4H3. The fraction of sp³-hybridized carbons (Fsp3) is 0.733. The minimum absolute atomic E-state index is 0.0279.